The van der Waals surface area contributed by atoms with Gasteiger partial charge in [0.2, 0.25) is 0 Å². The number of allylic oxidation sites excluding steroid dienone is 1. The summed E-state index contributed by atoms with van der Waals surface area (Å²) in [5.41, 5.74) is 7.60. The number of carbonyl (C=O) groups excluding carboxylic acids is 2. The summed E-state index contributed by atoms with van der Waals surface area (Å²) < 4.78 is 0. The number of amides is 2. The van der Waals surface area contributed by atoms with Gasteiger partial charge in [0.15, 0.2) is 0 Å². The van der Waals surface area contributed by atoms with Crippen molar-refractivity contribution in [2.24, 2.45) is 23.5 Å². The number of carbonyl (C=O) groups is 2. The molecule has 5 nitrogen and oxygen atoms in total. The summed E-state index contributed by atoms with van der Waals surface area (Å²) in [5.74, 6) is 1.78. The van der Waals surface area contributed by atoms with Gasteiger partial charge in [-0.1, -0.05) is 78.2 Å². The molecule has 3 N–H and O–H groups in total. The minimum Gasteiger partial charge on any atom is -0.349 e. The molecule has 0 radical (unpaired) electrons. The lowest BCUT2D eigenvalue weighted by molar-refractivity contribution is -0.142. The summed E-state index contributed by atoms with van der Waals surface area (Å²) in [6, 6.07) is -0.882. The van der Waals surface area contributed by atoms with Gasteiger partial charge in [-0.25, -0.2) is 9.59 Å². The van der Waals surface area contributed by atoms with E-state index in [0.717, 1.165) is 30.3 Å². The number of nitrogens with one attached hydrogen (secondary N) is 1. The molecule has 0 aromatic rings. The molecule has 2 atom stereocenters. The maximum Gasteiger partial charge on any atom is 0.355 e. The molecule has 0 aromatic carbocycles. The third-order valence-corrected chi connectivity index (χ3v) is 4.76. The first-order chi connectivity index (χ1) is 12.2. The lowest BCUT2D eigenvalue weighted by Crippen LogP contribution is -2.31. The van der Waals surface area contributed by atoms with Crippen molar-refractivity contribution in [3.63, 3.8) is 0 Å². The van der Waals surface area contributed by atoms with E-state index in [-0.39, 0.29) is 0 Å². The molecular weight excluding hydrogens is 328 g/mol. The summed E-state index contributed by atoms with van der Waals surface area (Å²) in [4.78, 5) is 26.3. The second kappa shape index (κ2) is 14.6. The van der Waals surface area contributed by atoms with E-state index < -0.39 is 12.0 Å². The van der Waals surface area contributed by atoms with E-state index in [9.17, 15) is 9.59 Å². The first-order valence-corrected chi connectivity index (χ1v) is 10.1. The van der Waals surface area contributed by atoms with Crippen LogP contribution in [-0.2, 0) is 9.63 Å². The maximum absolute atomic E-state index is 11.4. The number of rotatable bonds is 13. The molecule has 26 heavy (non-hydrogen) atoms. The largest absolute Gasteiger partial charge is 0.355 e. The smallest absolute Gasteiger partial charge is 0.349 e. The fourth-order valence-electron chi connectivity index (χ4n) is 3.11. The van der Waals surface area contributed by atoms with Crippen LogP contribution in [0.15, 0.2) is 11.6 Å². The van der Waals surface area contributed by atoms with E-state index in [1.165, 1.54) is 51.0 Å². The maximum atomic E-state index is 11.4. The highest BCUT2D eigenvalue weighted by molar-refractivity contribution is 5.84. The van der Waals surface area contributed by atoms with E-state index in [0.29, 0.717) is 5.92 Å². The van der Waals surface area contributed by atoms with Crippen LogP contribution in [0.3, 0.4) is 0 Å². The molecule has 0 aromatic heterocycles. The van der Waals surface area contributed by atoms with Gasteiger partial charge in [-0.2, -0.15) is 5.48 Å². The van der Waals surface area contributed by atoms with Crippen molar-refractivity contribution >= 4 is 12.0 Å². The van der Waals surface area contributed by atoms with E-state index in [1.54, 1.807) is 0 Å². The number of hydrogen-bond donors (Lipinski definition) is 2. The van der Waals surface area contributed by atoms with Crippen molar-refractivity contribution in [2.45, 2.75) is 92.4 Å². The minimum atomic E-state index is -0.882. The lowest BCUT2D eigenvalue weighted by atomic mass is 9.91. The molecule has 0 heterocycles. The fraction of sp³-hybridized carbons (Fsp3) is 0.810. The topological polar surface area (TPSA) is 81.4 Å². The third-order valence-electron chi connectivity index (χ3n) is 4.76. The highest BCUT2D eigenvalue weighted by Gasteiger charge is 2.07. The van der Waals surface area contributed by atoms with Crippen LogP contribution in [0.2, 0.25) is 0 Å². The molecular formula is C21H40N2O3. The normalized spacial score (nSPS) is 14.2. The van der Waals surface area contributed by atoms with Crippen LogP contribution in [0.1, 0.15) is 92.4 Å². The SMILES string of the molecule is C/C(=C\C(=O)ONC(N)=O)CCC[C@H](C)CCC[C@H](C)CCCC(C)C. The molecule has 0 aliphatic carbocycles. The Labute approximate surface area is 160 Å². The first kappa shape index (κ1) is 24.5. The van der Waals surface area contributed by atoms with Crippen LogP contribution in [0.25, 0.3) is 0 Å². The number of hydroxylamine groups is 1. The number of urea groups is 1. The van der Waals surface area contributed by atoms with Crippen LogP contribution in [0.4, 0.5) is 4.79 Å². The lowest BCUT2D eigenvalue weighted by Gasteiger charge is -2.15. The average molecular weight is 369 g/mol. The van der Waals surface area contributed by atoms with Crippen molar-refractivity contribution in [3.8, 4) is 0 Å². The Kier molecular flexibility index (Phi) is 13.8. The molecule has 0 rings (SSSR count). The second-order valence-corrected chi connectivity index (χ2v) is 8.24. The van der Waals surface area contributed by atoms with Crippen LogP contribution < -0.4 is 11.2 Å². The molecule has 152 valence electrons. The number of nitrogens with two attached hydrogens (primary N) is 1. The van der Waals surface area contributed by atoms with Gasteiger partial charge < -0.3 is 10.6 Å². The van der Waals surface area contributed by atoms with Crippen LogP contribution in [-0.4, -0.2) is 12.0 Å². The Morgan fingerprint density at radius 3 is 1.92 bits per heavy atom. The zero-order valence-corrected chi connectivity index (χ0v) is 17.5. The Bertz CT molecular complexity index is 433. The molecule has 0 aliphatic heterocycles. The third kappa shape index (κ3) is 16.0. The Hall–Kier alpha value is -1.52. The van der Waals surface area contributed by atoms with Gasteiger partial charge in [-0.3, -0.25) is 0 Å². The van der Waals surface area contributed by atoms with Crippen LogP contribution >= 0.6 is 0 Å². The average Bonchev–Trinajstić information content (AvgIpc) is 2.52. The molecule has 2 amide bonds. The zero-order chi connectivity index (χ0) is 19.9. The van der Waals surface area contributed by atoms with E-state index in [4.69, 9.17) is 5.73 Å². The summed E-state index contributed by atoms with van der Waals surface area (Å²) in [6.45, 7) is 11.2. The van der Waals surface area contributed by atoms with E-state index in [1.807, 2.05) is 12.4 Å². The van der Waals surface area contributed by atoms with Gasteiger partial charge in [-0.15, -0.1) is 0 Å². The van der Waals surface area contributed by atoms with Crippen LogP contribution in [0, 0.1) is 17.8 Å². The molecule has 0 spiro atoms. The molecule has 0 unspecified atom stereocenters. The zero-order valence-electron chi connectivity index (χ0n) is 17.5. The summed E-state index contributed by atoms with van der Waals surface area (Å²) >= 11 is 0. The second-order valence-electron chi connectivity index (χ2n) is 8.24. The quantitative estimate of drug-likeness (QED) is 0.333. The van der Waals surface area contributed by atoms with Gasteiger partial charge >= 0.3 is 12.0 Å². The first-order valence-electron chi connectivity index (χ1n) is 10.1. The van der Waals surface area contributed by atoms with Crippen molar-refractivity contribution in [3.05, 3.63) is 11.6 Å². The van der Waals surface area contributed by atoms with Gasteiger partial charge in [-0.05, 0) is 37.5 Å². The Morgan fingerprint density at radius 1 is 0.923 bits per heavy atom. The molecule has 0 fully saturated rings. The van der Waals surface area contributed by atoms with Crippen molar-refractivity contribution in [1.29, 1.82) is 0 Å². The Balaban J connectivity index is 3.76. The van der Waals surface area contributed by atoms with Crippen molar-refractivity contribution in [1.82, 2.24) is 5.48 Å². The highest BCUT2D eigenvalue weighted by Crippen LogP contribution is 2.22. The summed E-state index contributed by atoms with van der Waals surface area (Å²) in [5, 5.41) is 0. The standard InChI is InChI=1S/C21H40N2O3/c1-16(2)9-6-10-17(3)11-7-12-18(4)13-8-14-19(5)15-20(24)26-23-21(22)25/h15-18H,6-14H2,1-5H3,(H3,22,23,25)/b19-15+/t17-,18-/m1/s1. The molecule has 0 saturated heterocycles. The summed E-state index contributed by atoms with van der Waals surface area (Å²) in [7, 11) is 0. The number of hydrogen-bond acceptors (Lipinski definition) is 3. The minimum absolute atomic E-state index is 0.596. The van der Waals surface area contributed by atoms with Crippen molar-refractivity contribution < 1.29 is 14.4 Å². The van der Waals surface area contributed by atoms with Crippen LogP contribution in [0.5, 0.6) is 0 Å². The number of primary amides is 1. The van der Waals surface area contributed by atoms with Gasteiger partial charge in [0.1, 0.15) is 0 Å². The summed E-state index contributed by atoms with van der Waals surface area (Å²) in [6.07, 6.45) is 12.5. The van der Waals surface area contributed by atoms with Gasteiger partial charge in [0.25, 0.3) is 0 Å². The van der Waals surface area contributed by atoms with E-state index in [2.05, 4.69) is 32.5 Å². The van der Waals surface area contributed by atoms with E-state index >= 15 is 0 Å². The monoisotopic (exact) mass is 368 g/mol. The molecule has 5 heteroatoms. The van der Waals surface area contributed by atoms with Gasteiger partial charge in [0.05, 0.1) is 0 Å². The van der Waals surface area contributed by atoms with Crippen molar-refractivity contribution in [2.75, 3.05) is 0 Å². The Morgan fingerprint density at radius 2 is 1.42 bits per heavy atom. The molecule has 0 saturated carbocycles. The fourth-order valence-corrected chi connectivity index (χ4v) is 3.11. The highest BCUT2D eigenvalue weighted by atomic mass is 16.7. The van der Waals surface area contributed by atoms with Gasteiger partial charge in [0, 0.05) is 6.08 Å². The molecule has 0 aliphatic rings. The predicted octanol–water partition coefficient (Wildman–Crippen LogP) is 5.50. The predicted molar refractivity (Wildman–Crippen MR) is 107 cm³/mol. The molecule has 0 bridgehead atoms.